The van der Waals surface area contributed by atoms with Crippen molar-refractivity contribution in [2.75, 3.05) is 0 Å². The zero-order chi connectivity index (χ0) is 20.1. The molecule has 28 heavy (non-hydrogen) atoms. The molecular weight excluding hydrogens is 348 g/mol. The van der Waals surface area contributed by atoms with Gasteiger partial charge in [0.1, 0.15) is 0 Å². The topological polar surface area (TPSA) is 59.8 Å². The van der Waals surface area contributed by atoms with Crippen molar-refractivity contribution in [3.05, 3.63) is 76.9 Å². The zero-order valence-corrected chi connectivity index (χ0v) is 17.1. The molecule has 0 radical (unpaired) electrons. The fourth-order valence-corrected chi connectivity index (χ4v) is 3.37. The molecule has 0 saturated heterocycles. The second-order valence-electron chi connectivity index (χ2n) is 7.51. The number of aromatic nitrogens is 3. The number of aryl methyl sites for hydroxylation is 1. The lowest BCUT2D eigenvalue weighted by Crippen LogP contribution is -2.25. The van der Waals surface area contributed by atoms with E-state index in [4.69, 9.17) is 5.10 Å². The van der Waals surface area contributed by atoms with E-state index in [0.29, 0.717) is 18.0 Å². The Morgan fingerprint density at radius 3 is 2.57 bits per heavy atom. The lowest BCUT2D eigenvalue weighted by atomic mass is 10.0. The number of carbonyl (C=O) groups is 1. The smallest absolute Gasteiger partial charge is 0.255 e. The van der Waals surface area contributed by atoms with Gasteiger partial charge >= 0.3 is 0 Å². The Bertz CT molecular complexity index is 944. The summed E-state index contributed by atoms with van der Waals surface area (Å²) in [5, 5.41) is 7.91. The minimum atomic E-state index is -0.0665. The van der Waals surface area contributed by atoms with Crippen LogP contribution in [0.3, 0.4) is 0 Å². The summed E-state index contributed by atoms with van der Waals surface area (Å²) in [6, 6.07) is 12.0. The molecule has 0 aliphatic rings. The second-order valence-corrected chi connectivity index (χ2v) is 7.51. The molecule has 0 aliphatic carbocycles. The van der Waals surface area contributed by atoms with Crippen LogP contribution in [0.4, 0.5) is 0 Å². The fourth-order valence-electron chi connectivity index (χ4n) is 3.37. The highest BCUT2D eigenvalue weighted by Gasteiger charge is 2.24. The number of carbonyl (C=O) groups excluding carboxylic acids is 1. The summed E-state index contributed by atoms with van der Waals surface area (Å²) in [4.78, 5) is 17.2. The summed E-state index contributed by atoms with van der Waals surface area (Å²) in [7, 11) is 0. The maximum Gasteiger partial charge on any atom is 0.255 e. The maximum atomic E-state index is 13.1. The SMILES string of the molecule is CCc1c(C(=O)NCc2ccncc2)c(CC(C)C)nn1-c1cccc(C)c1. The molecule has 0 bridgehead atoms. The van der Waals surface area contributed by atoms with E-state index in [-0.39, 0.29) is 5.91 Å². The standard InChI is InChI=1S/C23H28N4O/c1-5-21-22(23(28)25-15-18-9-11-24-12-10-18)20(13-16(2)3)26-27(21)19-8-6-7-17(4)14-19/h6-12,14,16H,5,13,15H2,1-4H3,(H,25,28). The highest BCUT2D eigenvalue weighted by atomic mass is 16.1. The summed E-state index contributed by atoms with van der Waals surface area (Å²) in [5.41, 5.74) is 5.72. The predicted octanol–water partition coefficient (Wildman–Crippen LogP) is 4.27. The minimum absolute atomic E-state index is 0.0665. The van der Waals surface area contributed by atoms with Crippen molar-refractivity contribution in [1.29, 1.82) is 0 Å². The van der Waals surface area contributed by atoms with Gasteiger partial charge in [-0.05, 0) is 61.1 Å². The third-order valence-electron chi connectivity index (χ3n) is 4.67. The van der Waals surface area contributed by atoms with E-state index in [1.807, 2.05) is 28.9 Å². The van der Waals surface area contributed by atoms with Crippen LogP contribution in [0.5, 0.6) is 0 Å². The van der Waals surface area contributed by atoms with Crippen molar-refractivity contribution >= 4 is 5.91 Å². The number of pyridine rings is 1. The van der Waals surface area contributed by atoms with Gasteiger partial charge in [-0.3, -0.25) is 9.78 Å². The Morgan fingerprint density at radius 2 is 1.93 bits per heavy atom. The molecule has 1 N–H and O–H groups in total. The number of nitrogens with one attached hydrogen (secondary N) is 1. The molecule has 0 spiro atoms. The van der Waals surface area contributed by atoms with Crippen LogP contribution in [0.25, 0.3) is 5.69 Å². The molecule has 1 amide bonds. The summed E-state index contributed by atoms with van der Waals surface area (Å²) in [5.74, 6) is 0.348. The summed E-state index contributed by atoms with van der Waals surface area (Å²) in [6.07, 6.45) is 4.97. The molecule has 0 saturated carbocycles. The van der Waals surface area contributed by atoms with Crippen molar-refractivity contribution in [1.82, 2.24) is 20.1 Å². The van der Waals surface area contributed by atoms with Gasteiger partial charge in [-0.25, -0.2) is 4.68 Å². The summed E-state index contributed by atoms with van der Waals surface area (Å²) < 4.78 is 1.94. The first kappa shape index (κ1) is 19.8. The van der Waals surface area contributed by atoms with Crippen LogP contribution in [-0.4, -0.2) is 20.7 Å². The van der Waals surface area contributed by atoms with Crippen LogP contribution in [-0.2, 0) is 19.4 Å². The first-order valence-corrected chi connectivity index (χ1v) is 9.84. The molecule has 3 aromatic rings. The van der Waals surface area contributed by atoms with Crippen LogP contribution in [0.15, 0.2) is 48.8 Å². The van der Waals surface area contributed by atoms with Gasteiger partial charge in [0, 0.05) is 18.9 Å². The van der Waals surface area contributed by atoms with Crippen LogP contribution in [0, 0.1) is 12.8 Å². The fraction of sp³-hybridized carbons (Fsp3) is 0.348. The van der Waals surface area contributed by atoms with Gasteiger partial charge in [-0.2, -0.15) is 5.10 Å². The van der Waals surface area contributed by atoms with Gasteiger partial charge in [0.2, 0.25) is 0 Å². The van der Waals surface area contributed by atoms with E-state index >= 15 is 0 Å². The monoisotopic (exact) mass is 376 g/mol. The zero-order valence-electron chi connectivity index (χ0n) is 17.1. The molecule has 0 aliphatic heterocycles. The first-order valence-electron chi connectivity index (χ1n) is 9.84. The third kappa shape index (κ3) is 4.47. The highest BCUT2D eigenvalue weighted by Crippen LogP contribution is 2.23. The number of benzene rings is 1. The van der Waals surface area contributed by atoms with Crippen LogP contribution in [0.1, 0.15) is 53.6 Å². The number of hydrogen-bond donors (Lipinski definition) is 1. The van der Waals surface area contributed by atoms with Crippen molar-refractivity contribution < 1.29 is 4.79 Å². The molecule has 3 rings (SSSR count). The Kier molecular flexibility index (Phi) is 6.24. The van der Waals surface area contributed by atoms with Crippen molar-refractivity contribution in [2.45, 2.75) is 47.1 Å². The maximum absolute atomic E-state index is 13.1. The van der Waals surface area contributed by atoms with Gasteiger partial charge in [0.15, 0.2) is 0 Å². The van der Waals surface area contributed by atoms with E-state index in [2.05, 4.69) is 50.1 Å². The number of nitrogens with zero attached hydrogens (tertiary/aromatic N) is 3. The number of amides is 1. The normalized spacial score (nSPS) is 11.0. The molecule has 5 heteroatoms. The average molecular weight is 377 g/mol. The third-order valence-corrected chi connectivity index (χ3v) is 4.67. The Morgan fingerprint density at radius 1 is 1.18 bits per heavy atom. The molecule has 146 valence electrons. The Balaban J connectivity index is 1.98. The summed E-state index contributed by atoms with van der Waals surface area (Å²) >= 11 is 0. The quantitative estimate of drug-likeness (QED) is 0.670. The molecular formula is C23H28N4O. The van der Waals surface area contributed by atoms with E-state index in [1.165, 1.54) is 5.56 Å². The number of hydrogen-bond acceptors (Lipinski definition) is 3. The van der Waals surface area contributed by atoms with Crippen LogP contribution in [0.2, 0.25) is 0 Å². The molecule has 2 heterocycles. The number of rotatable bonds is 7. The molecule has 0 fully saturated rings. The van der Waals surface area contributed by atoms with Crippen molar-refractivity contribution in [3.8, 4) is 5.69 Å². The lowest BCUT2D eigenvalue weighted by Gasteiger charge is -2.10. The van der Waals surface area contributed by atoms with Crippen molar-refractivity contribution in [3.63, 3.8) is 0 Å². The van der Waals surface area contributed by atoms with Gasteiger partial charge in [-0.1, -0.05) is 32.9 Å². The molecule has 5 nitrogen and oxygen atoms in total. The first-order chi connectivity index (χ1) is 13.5. The van der Waals surface area contributed by atoms with Gasteiger partial charge in [-0.15, -0.1) is 0 Å². The van der Waals surface area contributed by atoms with Crippen LogP contribution >= 0.6 is 0 Å². The van der Waals surface area contributed by atoms with E-state index in [9.17, 15) is 4.79 Å². The largest absolute Gasteiger partial charge is 0.348 e. The molecule has 0 atom stereocenters. The van der Waals surface area contributed by atoms with Gasteiger partial charge in [0.05, 0.1) is 22.6 Å². The highest BCUT2D eigenvalue weighted by molar-refractivity contribution is 5.96. The van der Waals surface area contributed by atoms with E-state index in [1.54, 1.807) is 12.4 Å². The minimum Gasteiger partial charge on any atom is -0.348 e. The average Bonchev–Trinajstić information content (AvgIpc) is 3.04. The van der Waals surface area contributed by atoms with Crippen molar-refractivity contribution in [2.24, 2.45) is 5.92 Å². The molecule has 2 aromatic heterocycles. The van der Waals surface area contributed by atoms with Gasteiger partial charge in [0.25, 0.3) is 5.91 Å². The van der Waals surface area contributed by atoms with E-state index < -0.39 is 0 Å². The second kappa shape index (κ2) is 8.83. The lowest BCUT2D eigenvalue weighted by molar-refractivity contribution is 0.0949. The Hall–Kier alpha value is -2.95. The predicted molar refractivity (Wildman–Crippen MR) is 112 cm³/mol. The summed E-state index contributed by atoms with van der Waals surface area (Å²) in [6.45, 7) is 8.91. The molecule has 0 unspecified atom stereocenters. The molecule has 1 aromatic carbocycles. The Labute approximate surface area is 166 Å². The van der Waals surface area contributed by atoms with E-state index in [0.717, 1.165) is 35.5 Å². The van der Waals surface area contributed by atoms with Crippen LogP contribution < -0.4 is 5.32 Å². The van der Waals surface area contributed by atoms with Gasteiger partial charge < -0.3 is 5.32 Å².